The van der Waals surface area contributed by atoms with Gasteiger partial charge in [-0.1, -0.05) is 0 Å². The van der Waals surface area contributed by atoms with E-state index in [1.165, 1.54) is 0 Å². The summed E-state index contributed by atoms with van der Waals surface area (Å²) in [7, 11) is 0. The number of nitriles is 2. The molecule has 8 heteroatoms. The number of carbonyl (C=O) groups is 2. The summed E-state index contributed by atoms with van der Waals surface area (Å²) >= 11 is 0. The third-order valence-corrected chi connectivity index (χ3v) is 6.59. The lowest BCUT2D eigenvalue weighted by Crippen LogP contribution is -2.47. The largest absolute Gasteiger partial charge is 0.352 e. The van der Waals surface area contributed by atoms with Gasteiger partial charge >= 0.3 is 0 Å². The van der Waals surface area contributed by atoms with Gasteiger partial charge in [-0.15, -0.1) is 0 Å². The van der Waals surface area contributed by atoms with Crippen LogP contribution in [0.2, 0.25) is 0 Å². The second-order valence-electron chi connectivity index (χ2n) is 8.75. The van der Waals surface area contributed by atoms with Gasteiger partial charge in [0.25, 0.3) is 0 Å². The molecule has 0 aromatic rings. The summed E-state index contributed by atoms with van der Waals surface area (Å²) in [6.07, 6.45) is 6.54. The van der Waals surface area contributed by atoms with Gasteiger partial charge < -0.3 is 20.4 Å². The molecule has 172 valence electrons. The monoisotopic (exact) mass is 438 g/mol. The zero-order chi connectivity index (χ0) is 22.8. The zero-order valence-electron chi connectivity index (χ0n) is 18.9. The number of piperazine rings is 1. The summed E-state index contributed by atoms with van der Waals surface area (Å²) in [5, 5.41) is 24.1. The van der Waals surface area contributed by atoms with Crippen molar-refractivity contribution in [3.8, 4) is 12.1 Å². The summed E-state index contributed by atoms with van der Waals surface area (Å²) in [6, 6.07) is 4.31. The van der Waals surface area contributed by atoms with E-state index in [0.717, 1.165) is 90.6 Å². The van der Waals surface area contributed by atoms with Gasteiger partial charge in [0.15, 0.2) is 0 Å². The molecule has 1 saturated heterocycles. The molecule has 32 heavy (non-hydrogen) atoms. The minimum absolute atomic E-state index is 0.0657. The van der Waals surface area contributed by atoms with E-state index in [0.29, 0.717) is 35.4 Å². The fourth-order valence-corrected chi connectivity index (χ4v) is 4.69. The Morgan fingerprint density at radius 2 is 1.12 bits per heavy atom. The molecule has 0 aromatic carbocycles. The van der Waals surface area contributed by atoms with Crippen molar-refractivity contribution in [2.75, 3.05) is 52.4 Å². The van der Waals surface area contributed by atoms with E-state index in [2.05, 4.69) is 32.6 Å². The van der Waals surface area contributed by atoms with E-state index in [4.69, 9.17) is 10.5 Å². The maximum atomic E-state index is 12.2. The SMILES string of the molecule is N#CC1=C(C(=O)NCCCN2CCN(CCCNC(=O)C3=C(C#N)CCC3)CC2)CCC1. The Bertz CT molecular complexity index is 770. The minimum Gasteiger partial charge on any atom is -0.352 e. The maximum Gasteiger partial charge on any atom is 0.248 e. The predicted octanol–water partition coefficient (Wildman–Crippen LogP) is 1.62. The Kier molecular flexibility index (Phi) is 9.27. The van der Waals surface area contributed by atoms with Crippen LogP contribution in [0.1, 0.15) is 51.4 Å². The van der Waals surface area contributed by atoms with Gasteiger partial charge in [0, 0.05) is 61.6 Å². The Hall–Kier alpha value is -2.68. The molecule has 2 amide bonds. The van der Waals surface area contributed by atoms with E-state index in [1.54, 1.807) is 0 Å². The first kappa shape index (κ1) is 24.0. The molecule has 0 radical (unpaired) electrons. The van der Waals surface area contributed by atoms with Crippen LogP contribution in [0.3, 0.4) is 0 Å². The lowest BCUT2D eigenvalue weighted by molar-refractivity contribution is -0.118. The van der Waals surface area contributed by atoms with Crippen LogP contribution in [0.4, 0.5) is 0 Å². The van der Waals surface area contributed by atoms with E-state index in [9.17, 15) is 9.59 Å². The van der Waals surface area contributed by atoms with E-state index < -0.39 is 0 Å². The van der Waals surface area contributed by atoms with Gasteiger partial charge in [0.2, 0.25) is 11.8 Å². The Labute approximate surface area is 190 Å². The molecule has 0 saturated carbocycles. The first-order chi connectivity index (χ1) is 15.6. The van der Waals surface area contributed by atoms with E-state index in [1.807, 2.05) is 0 Å². The number of rotatable bonds is 10. The highest BCUT2D eigenvalue weighted by atomic mass is 16.2. The molecule has 3 aliphatic rings. The van der Waals surface area contributed by atoms with Gasteiger partial charge in [-0.25, -0.2) is 0 Å². The number of hydrogen-bond donors (Lipinski definition) is 2. The first-order valence-electron chi connectivity index (χ1n) is 11.9. The van der Waals surface area contributed by atoms with Crippen LogP contribution in [0, 0.1) is 22.7 Å². The Morgan fingerprint density at radius 1 is 0.719 bits per heavy atom. The number of nitrogens with zero attached hydrogens (tertiary/aromatic N) is 4. The molecule has 1 fully saturated rings. The normalized spacial score (nSPS) is 19.7. The van der Waals surface area contributed by atoms with Crippen molar-refractivity contribution in [2.24, 2.45) is 0 Å². The van der Waals surface area contributed by atoms with Gasteiger partial charge in [0.1, 0.15) is 0 Å². The molecule has 0 unspecified atom stereocenters. The molecule has 0 aromatic heterocycles. The highest BCUT2D eigenvalue weighted by Gasteiger charge is 2.22. The highest BCUT2D eigenvalue weighted by molar-refractivity contribution is 5.95. The lowest BCUT2D eigenvalue weighted by atomic mass is 10.1. The minimum atomic E-state index is -0.0657. The van der Waals surface area contributed by atoms with E-state index >= 15 is 0 Å². The van der Waals surface area contributed by atoms with Crippen LogP contribution in [-0.2, 0) is 9.59 Å². The van der Waals surface area contributed by atoms with Crippen molar-refractivity contribution in [2.45, 2.75) is 51.4 Å². The molecule has 0 bridgehead atoms. The van der Waals surface area contributed by atoms with Crippen molar-refractivity contribution >= 4 is 11.8 Å². The Balaban J connectivity index is 1.23. The average Bonchev–Trinajstić information content (AvgIpc) is 3.49. The number of amides is 2. The van der Waals surface area contributed by atoms with Gasteiger partial charge in [-0.3, -0.25) is 9.59 Å². The molecular weight excluding hydrogens is 404 g/mol. The molecule has 0 spiro atoms. The summed E-state index contributed by atoms with van der Waals surface area (Å²) in [5.74, 6) is -0.131. The van der Waals surface area contributed by atoms with Crippen molar-refractivity contribution < 1.29 is 9.59 Å². The average molecular weight is 439 g/mol. The number of allylic oxidation sites excluding steroid dienone is 2. The van der Waals surface area contributed by atoms with Crippen molar-refractivity contribution in [1.29, 1.82) is 10.5 Å². The van der Waals surface area contributed by atoms with E-state index in [-0.39, 0.29) is 11.8 Å². The second-order valence-corrected chi connectivity index (χ2v) is 8.75. The summed E-state index contributed by atoms with van der Waals surface area (Å²) in [6.45, 7) is 7.28. The molecule has 1 heterocycles. The number of nitrogens with one attached hydrogen (secondary N) is 2. The highest BCUT2D eigenvalue weighted by Crippen LogP contribution is 2.26. The summed E-state index contributed by atoms with van der Waals surface area (Å²) in [4.78, 5) is 29.3. The van der Waals surface area contributed by atoms with Crippen LogP contribution in [0.15, 0.2) is 22.3 Å². The maximum absolute atomic E-state index is 12.2. The van der Waals surface area contributed by atoms with Crippen LogP contribution in [-0.4, -0.2) is 74.0 Å². The van der Waals surface area contributed by atoms with Gasteiger partial charge in [-0.05, 0) is 64.5 Å². The van der Waals surface area contributed by atoms with Crippen molar-refractivity contribution in [3.63, 3.8) is 0 Å². The number of hydrogen-bond acceptors (Lipinski definition) is 6. The third kappa shape index (κ3) is 6.66. The van der Waals surface area contributed by atoms with Gasteiger partial charge in [0.05, 0.1) is 12.1 Å². The fourth-order valence-electron chi connectivity index (χ4n) is 4.69. The van der Waals surface area contributed by atoms with Crippen LogP contribution in [0.5, 0.6) is 0 Å². The zero-order valence-corrected chi connectivity index (χ0v) is 18.9. The van der Waals surface area contributed by atoms with Gasteiger partial charge in [-0.2, -0.15) is 10.5 Å². The quantitative estimate of drug-likeness (QED) is 0.501. The smallest absolute Gasteiger partial charge is 0.248 e. The van der Waals surface area contributed by atoms with Crippen LogP contribution < -0.4 is 10.6 Å². The molecule has 2 N–H and O–H groups in total. The predicted molar refractivity (Wildman–Crippen MR) is 121 cm³/mol. The van der Waals surface area contributed by atoms with Crippen molar-refractivity contribution in [3.05, 3.63) is 22.3 Å². The molecular formula is C24H34N6O2. The first-order valence-corrected chi connectivity index (χ1v) is 11.9. The molecule has 2 aliphatic carbocycles. The summed E-state index contributed by atoms with van der Waals surface area (Å²) in [5.41, 5.74) is 2.67. The molecule has 3 rings (SSSR count). The second kappa shape index (κ2) is 12.4. The fraction of sp³-hybridized carbons (Fsp3) is 0.667. The van der Waals surface area contributed by atoms with Crippen LogP contribution >= 0.6 is 0 Å². The molecule has 8 nitrogen and oxygen atoms in total. The third-order valence-electron chi connectivity index (χ3n) is 6.59. The Morgan fingerprint density at radius 3 is 1.50 bits per heavy atom. The van der Waals surface area contributed by atoms with Crippen molar-refractivity contribution in [1.82, 2.24) is 20.4 Å². The lowest BCUT2D eigenvalue weighted by Gasteiger charge is -2.34. The molecule has 1 aliphatic heterocycles. The number of carbonyl (C=O) groups excluding carboxylic acids is 2. The standard InChI is InChI=1S/C24H34N6O2/c25-17-19-5-1-7-21(19)23(31)27-9-3-11-29-13-15-30(16-14-29)12-4-10-28-24(32)22-8-2-6-20(22)18-26/h1-16H2,(H,27,31)(H,28,32). The summed E-state index contributed by atoms with van der Waals surface area (Å²) < 4.78 is 0. The molecule has 0 atom stereocenters. The van der Waals surface area contributed by atoms with Crippen LogP contribution in [0.25, 0.3) is 0 Å². The topological polar surface area (TPSA) is 112 Å².